The molecule has 0 saturated carbocycles. The number of esters is 1. The maximum atomic E-state index is 14.0. The summed E-state index contributed by atoms with van der Waals surface area (Å²) < 4.78 is 24.4. The van der Waals surface area contributed by atoms with E-state index in [4.69, 9.17) is 24.1 Å². The fourth-order valence-corrected chi connectivity index (χ4v) is 6.00. The first kappa shape index (κ1) is 28.0. The van der Waals surface area contributed by atoms with Crippen LogP contribution in [0.1, 0.15) is 46.9 Å². The Morgan fingerprint density at radius 2 is 1.86 bits per heavy atom. The molecule has 218 valence electrons. The Morgan fingerprint density at radius 3 is 2.63 bits per heavy atom. The highest BCUT2D eigenvalue weighted by Gasteiger charge is 2.34. The van der Waals surface area contributed by atoms with Crippen LogP contribution in [0.4, 0.5) is 0 Å². The average molecular weight is 599 g/mol. The Morgan fingerprint density at radius 1 is 1.09 bits per heavy atom. The number of allylic oxidation sites excluding steroid dienone is 1. The average Bonchev–Trinajstić information content (AvgIpc) is 3.59. The number of nitrogens with zero attached hydrogens (tertiary/aromatic N) is 2. The van der Waals surface area contributed by atoms with Gasteiger partial charge in [-0.05, 0) is 61.4 Å². The van der Waals surface area contributed by atoms with Crippen LogP contribution < -0.4 is 29.1 Å². The number of aromatic nitrogens is 1. The summed E-state index contributed by atoms with van der Waals surface area (Å²) in [6.45, 7) is 3.93. The SMILES string of the molecule is CCOC(=O)C1=C(C)N=c2s/c(=C\c3ccccc3OCc3ccc(C(=O)O)cc3)c(=O)n2[C@@H]1c1ccc2c(c1)OCO2. The van der Waals surface area contributed by atoms with Gasteiger partial charge in [0.1, 0.15) is 12.4 Å². The van der Waals surface area contributed by atoms with Crippen molar-refractivity contribution in [3.05, 3.63) is 120 Å². The number of carboxylic acid groups (broad SMARTS) is 1. The zero-order chi connectivity index (χ0) is 30.1. The van der Waals surface area contributed by atoms with Gasteiger partial charge in [0.05, 0.1) is 34.0 Å². The zero-order valence-corrected chi connectivity index (χ0v) is 24.1. The highest BCUT2D eigenvalue weighted by molar-refractivity contribution is 7.07. The molecule has 3 heterocycles. The molecule has 0 bridgehead atoms. The number of hydrogen-bond acceptors (Lipinski definition) is 9. The van der Waals surface area contributed by atoms with Crippen molar-refractivity contribution in [1.29, 1.82) is 0 Å². The van der Waals surface area contributed by atoms with Gasteiger partial charge in [-0.2, -0.15) is 0 Å². The van der Waals surface area contributed by atoms with Crippen molar-refractivity contribution in [1.82, 2.24) is 4.57 Å². The van der Waals surface area contributed by atoms with Gasteiger partial charge in [-0.1, -0.05) is 47.7 Å². The van der Waals surface area contributed by atoms with Crippen molar-refractivity contribution in [2.75, 3.05) is 13.4 Å². The molecule has 6 rings (SSSR count). The van der Waals surface area contributed by atoms with Crippen molar-refractivity contribution >= 4 is 29.4 Å². The Labute approximate surface area is 249 Å². The van der Waals surface area contributed by atoms with Gasteiger partial charge in [-0.15, -0.1) is 0 Å². The number of ether oxygens (including phenoxy) is 4. The summed E-state index contributed by atoms with van der Waals surface area (Å²) in [4.78, 5) is 43.4. The van der Waals surface area contributed by atoms with E-state index in [1.807, 2.05) is 18.2 Å². The van der Waals surface area contributed by atoms with Crippen LogP contribution in [0.3, 0.4) is 0 Å². The van der Waals surface area contributed by atoms with Crippen LogP contribution in [0, 0.1) is 0 Å². The molecule has 1 N–H and O–H groups in total. The first-order chi connectivity index (χ1) is 20.8. The molecule has 0 radical (unpaired) electrons. The molecule has 0 aliphatic carbocycles. The van der Waals surface area contributed by atoms with Crippen LogP contribution in [0.5, 0.6) is 17.2 Å². The fraction of sp³-hybridized carbons (Fsp3) is 0.188. The van der Waals surface area contributed by atoms with E-state index in [9.17, 15) is 14.4 Å². The summed E-state index contributed by atoms with van der Waals surface area (Å²) >= 11 is 1.21. The lowest BCUT2D eigenvalue weighted by atomic mass is 9.95. The van der Waals surface area contributed by atoms with Gasteiger partial charge in [0.15, 0.2) is 16.3 Å². The van der Waals surface area contributed by atoms with Gasteiger partial charge in [0.2, 0.25) is 6.79 Å². The van der Waals surface area contributed by atoms with Gasteiger partial charge in [0, 0.05) is 5.56 Å². The third-order valence-electron chi connectivity index (χ3n) is 7.03. The lowest BCUT2D eigenvalue weighted by Crippen LogP contribution is -2.39. The summed E-state index contributed by atoms with van der Waals surface area (Å²) in [5, 5.41) is 9.14. The van der Waals surface area contributed by atoms with E-state index in [1.165, 1.54) is 28.0 Å². The normalized spacial score (nSPS) is 15.6. The van der Waals surface area contributed by atoms with Gasteiger partial charge in [-0.3, -0.25) is 9.36 Å². The highest BCUT2D eigenvalue weighted by atomic mass is 32.1. The zero-order valence-electron chi connectivity index (χ0n) is 23.2. The van der Waals surface area contributed by atoms with E-state index in [1.54, 1.807) is 56.3 Å². The molecular weight excluding hydrogens is 572 g/mol. The minimum absolute atomic E-state index is 0.0935. The molecule has 2 aliphatic rings. The monoisotopic (exact) mass is 598 g/mol. The predicted molar refractivity (Wildman–Crippen MR) is 157 cm³/mol. The molecule has 2 aliphatic heterocycles. The number of rotatable bonds is 8. The summed E-state index contributed by atoms with van der Waals surface area (Å²) in [6.07, 6.45) is 1.74. The van der Waals surface area contributed by atoms with E-state index in [0.29, 0.717) is 43.4 Å². The summed E-state index contributed by atoms with van der Waals surface area (Å²) in [6, 6.07) is 18.3. The molecule has 4 aromatic rings. The van der Waals surface area contributed by atoms with Gasteiger partial charge in [0.25, 0.3) is 5.56 Å². The third kappa shape index (κ3) is 5.42. The molecule has 0 amide bonds. The molecule has 43 heavy (non-hydrogen) atoms. The number of carbonyl (C=O) groups excluding carboxylic acids is 1. The van der Waals surface area contributed by atoms with Crippen LogP contribution >= 0.6 is 11.3 Å². The van der Waals surface area contributed by atoms with Crippen molar-refractivity contribution < 1.29 is 33.6 Å². The first-order valence-corrected chi connectivity index (χ1v) is 14.3. The number of thiazole rings is 1. The summed E-state index contributed by atoms with van der Waals surface area (Å²) in [7, 11) is 0. The smallest absolute Gasteiger partial charge is 0.338 e. The Balaban J connectivity index is 1.40. The number of aromatic carboxylic acids is 1. The van der Waals surface area contributed by atoms with E-state index in [0.717, 1.165) is 5.56 Å². The Bertz CT molecular complexity index is 1960. The van der Waals surface area contributed by atoms with Crippen LogP contribution in [-0.2, 0) is 16.1 Å². The Hall–Kier alpha value is -5.16. The van der Waals surface area contributed by atoms with Crippen molar-refractivity contribution in [3.63, 3.8) is 0 Å². The van der Waals surface area contributed by atoms with E-state index in [2.05, 4.69) is 4.99 Å². The molecule has 11 heteroatoms. The molecule has 0 unspecified atom stereocenters. The van der Waals surface area contributed by atoms with Gasteiger partial charge in [-0.25, -0.2) is 14.6 Å². The van der Waals surface area contributed by atoms with Gasteiger partial charge >= 0.3 is 11.9 Å². The number of hydrogen-bond donors (Lipinski definition) is 1. The minimum Gasteiger partial charge on any atom is -0.488 e. The van der Waals surface area contributed by atoms with Crippen molar-refractivity contribution in [2.45, 2.75) is 26.5 Å². The second-order valence-electron chi connectivity index (χ2n) is 9.74. The molecule has 0 saturated heterocycles. The molecule has 10 nitrogen and oxygen atoms in total. The molecule has 1 atom stereocenters. The lowest BCUT2D eigenvalue weighted by Gasteiger charge is -2.24. The maximum Gasteiger partial charge on any atom is 0.338 e. The van der Waals surface area contributed by atoms with Crippen molar-refractivity contribution in [2.24, 2.45) is 4.99 Å². The third-order valence-corrected chi connectivity index (χ3v) is 8.01. The quantitative estimate of drug-likeness (QED) is 0.304. The Kier molecular flexibility index (Phi) is 7.56. The minimum atomic E-state index is -0.996. The standard InChI is InChI=1S/C32H26N2O8S/c1-3-39-31(38)27-18(2)33-32-34(28(27)22-12-13-24-25(14-22)42-17-41-24)29(35)26(43-32)15-21-6-4-5-7-23(21)40-16-19-8-10-20(11-9-19)30(36)37/h4-15,28H,3,16-17H2,1-2H3,(H,36,37)/b26-15-/t28-/m1/s1. The first-order valence-electron chi connectivity index (χ1n) is 13.5. The fourth-order valence-electron chi connectivity index (χ4n) is 4.97. The van der Waals surface area contributed by atoms with E-state index in [-0.39, 0.29) is 36.7 Å². The predicted octanol–water partition coefficient (Wildman–Crippen LogP) is 3.80. The molecule has 3 aromatic carbocycles. The largest absolute Gasteiger partial charge is 0.488 e. The van der Waals surface area contributed by atoms with Crippen LogP contribution in [0.15, 0.2) is 87.8 Å². The van der Waals surface area contributed by atoms with E-state index < -0.39 is 18.0 Å². The number of para-hydroxylation sites is 1. The number of carboxylic acids is 1. The number of carbonyl (C=O) groups is 2. The molecule has 1 aromatic heterocycles. The maximum absolute atomic E-state index is 14.0. The van der Waals surface area contributed by atoms with Crippen LogP contribution in [0.2, 0.25) is 0 Å². The molecular formula is C32H26N2O8S. The van der Waals surface area contributed by atoms with Gasteiger partial charge < -0.3 is 24.1 Å². The topological polar surface area (TPSA) is 126 Å². The molecule has 0 spiro atoms. The second-order valence-corrected chi connectivity index (χ2v) is 10.8. The lowest BCUT2D eigenvalue weighted by molar-refractivity contribution is -0.139. The number of fused-ring (bicyclic) bond motifs is 2. The summed E-state index contributed by atoms with van der Waals surface area (Å²) in [5.41, 5.74) is 2.75. The van der Waals surface area contributed by atoms with Crippen molar-refractivity contribution in [3.8, 4) is 17.2 Å². The second kappa shape index (κ2) is 11.6. The van der Waals surface area contributed by atoms with E-state index >= 15 is 0 Å². The highest BCUT2D eigenvalue weighted by Crippen LogP contribution is 2.38. The summed E-state index contributed by atoms with van der Waals surface area (Å²) in [5.74, 6) is 0.122. The van der Waals surface area contributed by atoms with Crippen LogP contribution in [-0.4, -0.2) is 35.0 Å². The number of benzene rings is 3. The molecule has 0 fully saturated rings. The van der Waals surface area contributed by atoms with Crippen LogP contribution in [0.25, 0.3) is 6.08 Å².